The van der Waals surface area contributed by atoms with Crippen molar-refractivity contribution in [3.63, 3.8) is 0 Å². The van der Waals surface area contributed by atoms with Crippen LogP contribution in [-0.4, -0.2) is 56.2 Å². The van der Waals surface area contributed by atoms with Crippen molar-refractivity contribution in [2.75, 3.05) is 0 Å². The molecule has 13 nitrogen and oxygen atoms in total. The minimum Gasteiger partial charge on any atom is -0.449 e. The maximum atomic E-state index is 4.97. The van der Waals surface area contributed by atoms with Gasteiger partial charge in [-0.2, -0.15) is 5.10 Å². The van der Waals surface area contributed by atoms with E-state index in [2.05, 4.69) is 101 Å². The first-order valence-electron chi connectivity index (χ1n) is 18.2. The molecule has 1 atom stereocenters. The lowest BCUT2D eigenvalue weighted by Gasteiger charge is -1.97. The summed E-state index contributed by atoms with van der Waals surface area (Å²) in [4.78, 5) is 31.4. The molecule has 0 spiro atoms. The van der Waals surface area contributed by atoms with Gasteiger partial charge in [-0.05, 0) is 119 Å². The molecule has 8 heterocycles. The average molecular weight is 806 g/mol. The molecule has 2 aliphatic rings. The summed E-state index contributed by atoms with van der Waals surface area (Å²) in [6, 6.07) is 2.11. The van der Waals surface area contributed by atoms with Crippen molar-refractivity contribution >= 4 is 28.8 Å². The number of thioether (sulfide) groups is 1. The molecule has 6 aromatic rings. The van der Waals surface area contributed by atoms with Gasteiger partial charge in [-0.1, -0.05) is 0 Å². The SMILES string of the molecule is CC1=CN=C(C)C1.CC1=CNC(C)S1.Cc1c[nH]c(C)c1.Cc1cnc(C)[nH]1.Cc1cnc(C)o1.Cc1coc(C)n1.Cc1csc(C)n1.Cc1n[nH]c(C)n1. The third-order valence-electron chi connectivity index (χ3n) is 6.64. The molecule has 56 heavy (non-hydrogen) atoms. The number of aromatic nitrogens is 9. The highest BCUT2D eigenvalue weighted by atomic mass is 32.2. The van der Waals surface area contributed by atoms with Crippen molar-refractivity contribution in [2.24, 2.45) is 4.99 Å². The lowest BCUT2D eigenvalue weighted by molar-refractivity contribution is 0.494. The molecule has 306 valence electrons. The highest BCUT2D eigenvalue weighted by Crippen LogP contribution is 2.23. The fourth-order valence-electron chi connectivity index (χ4n) is 4.36. The van der Waals surface area contributed by atoms with Crippen LogP contribution in [0.2, 0.25) is 0 Å². The molecular formula is C41H63N11O2S2. The van der Waals surface area contributed by atoms with Gasteiger partial charge in [0.05, 0.1) is 22.3 Å². The maximum absolute atomic E-state index is 4.97. The van der Waals surface area contributed by atoms with Crippen LogP contribution in [0.15, 0.2) is 73.0 Å². The van der Waals surface area contributed by atoms with E-state index in [1.54, 1.807) is 23.8 Å². The van der Waals surface area contributed by atoms with Crippen molar-refractivity contribution < 1.29 is 8.83 Å². The normalized spacial score (nSPS) is 13.1. The van der Waals surface area contributed by atoms with Gasteiger partial charge in [-0.25, -0.2) is 24.9 Å². The molecule has 0 saturated carbocycles. The van der Waals surface area contributed by atoms with E-state index in [1.165, 1.54) is 27.4 Å². The summed E-state index contributed by atoms with van der Waals surface area (Å²) in [6.07, 6.45) is 12.2. The van der Waals surface area contributed by atoms with Crippen LogP contribution in [0.5, 0.6) is 0 Å². The van der Waals surface area contributed by atoms with Crippen molar-refractivity contribution in [3.05, 3.63) is 128 Å². The standard InChI is InChI=1S/2C6H9N.C5H8N2.2C5H7NO.C5H7NS.C5H9NS.C4H7N3/c2*1-5-3-6(2)7-4-5;1-4-3-6-5(2)7-4;1-4-3-7-5(2)6-4;1-4-3-6-5(2)7-4;1-4-3-7-5(2)6-4;1-4-3-6-5(2)7-4;1-3-5-4(2)7-6-3/h4H,3H2,1-2H3;3-4,7H,1-2H3;3H,1-2H3,(H,6,7);3*3H,1-2H3;3,5-6H,1-2H3;1-2H3,(H,5,6,7). The van der Waals surface area contributed by atoms with Gasteiger partial charge in [0.15, 0.2) is 11.8 Å². The summed E-state index contributed by atoms with van der Waals surface area (Å²) in [5.74, 6) is 5.00. The number of rotatable bonds is 0. The van der Waals surface area contributed by atoms with Crippen LogP contribution in [0.4, 0.5) is 0 Å². The quantitative estimate of drug-likeness (QED) is 0.116. The number of oxazole rings is 2. The fraction of sp³-hybridized carbons (Fsp3) is 0.439. The zero-order valence-electron chi connectivity index (χ0n) is 36.2. The predicted molar refractivity (Wildman–Crippen MR) is 233 cm³/mol. The van der Waals surface area contributed by atoms with E-state index in [4.69, 9.17) is 8.83 Å². The Morgan fingerprint density at radius 2 is 1.48 bits per heavy atom. The first kappa shape index (κ1) is 49.0. The molecule has 4 N–H and O–H groups in total. The van der Waals surface area contributed by atoms with Gasteiger partial charge in [0, 0.05) is 73.2 Å². The smallest absolute Gasteiger partial charge is 0.191 e. The molecule has 8 rings (SSSR count). The second kappa shape index (κ2) is 26.7. The lowest BCUT2D eigenvalue weighted by Crippen LogP contribution is -2.09. The second-order valence-corrected chi connectivity index (χ2v) is 15.8. The Morgan fingerprint density at radius 3 is 1.62 bits per heavy atom. The topological polar surface area (TPSA) is 175 Å². The Kier molecular flexibility index (Phi) is 23.4. The number of hydrogen-bond acceptors (Lipinski definition) is 12. The van der Waals surface area contributed by atoms with Gasteiger partial charge in [0.25, 0.3) is 0 Å². The van der Waals surface area contributed by atoms with Crippen molar-refractivity contribution in [3.8, 4) is 0 Å². The molecule has 0 aliphatic carbocycles. The van der Waals surface area contributed by atoms with Crippen LogP contribution in [0.1, 0.15) is 102 Å². The highest BCUT2D eigenvalue weighted by Gasteiger charge is 2.06. The number of nitrogens with one attached hydrogen (secondary N) is 4. The minimum absolute atomic E-state index is 0.597. The molecule has 2 aliphatic heterocycles. The van der Waals surface area contributed by atoms with Gasteiger partial charge in [-0.3, -0.25) is 10.1 Å². The molecule has 0 saturated heterocycles. The van der Waals surface area contributed by atoms with Crippen LogP contribution in [0.3, 0.4) is 0 Å². The number of aryl methyl sites for hydroxylation is 12. The molecule has 0 fully saturated rings. The largest absolute Gasteiger partial charge is 0.449 e. The average Bonchev–Trinajstić information content (AvgIpc) is 4.00. The van der Waals surface area contributed by atoms with Gasteiger partial charge in [-0.15, -0.1) is 23.1 Å². The van der Waals surface area contributed by atoms with Crippen LogP contribution in [0.25, 0.3) is 0 Å². The van der Waals surface area contributed by atoms with Gasteiger partial charge in [0.1, 0.15) is 29.5 Å². The highest BCUT2D eigenvalue weighted by molar-refractivity contribution is 8.03. The minimum atomic E-state index is 0.597. The van der Waals surface area contributed by atoms with E-state index in [0.717, 1.165) is 63.5 Å². The molecular weight excluding hydrogens is 743 g/mol. The second-order valence-electron chi connectivity index (χ2n) is 13.2. The number of aromatic amines is 3. The first-order chi connectivity index (χ1) is 26.3. The Bertz CT molecular complexity index is 1630. The van der Waals surface area contributed by atoms with E-state index < -0.39 is 0 Å². The van der Waals surface area contributed by atoms with Crippen LogP contribution in [0, 0.1) is 83.1 Å². The summed E-state index contributed by atoms with van der Waals surface area (Å²) in [7, 11) is 0. The van der Waals surface area contributed by atoms with Crippen LogP contribution >= 0.6 is 23.1 Å². The number of imidazole rings is 1. The summed E-state index contributed by atoms with van der Waals surface area (Å²) in [5, 5.41) is 13.5. The third kappa shape index (κ3) is 25.1. The zero-order chi connectivity index (χ0) is 42.2. The van der Waals surface area contributed by atoms with Gasteiger partial charge in [0.2, 0.25) is 0 Å². The first-order valence-corrected chi connectivity index (χ1v) is 20.0. The summed E-state index contributed by atoms with van der Waals surface area (Å²) < 4.78 is 9.83. The number of thiazole rings is 1. The Hall–Kier alpha value is -5.02. The Balaban J connectivity index is 0.000000320. The van der Waals surface area contributed by atoms with Crippen LogP contribution in [-0.2, 0) is 0 Å². The van der Waals surface area contributed by atoms with E-state index in [9.17, 15) is 0 Å². The molecule has 0 amide bonds. The fourth-order valence-corrected chi connectivity index (χ4v) is 5.78. The van der Waals surface area contributed by atoms with Crippen molar-refractivity contribution in [2.45, 2.75) is 123 Å². The molecule has 0 aromatic carbocycles. The Labute approximate surface area is 341 Å². The molecule has 0 radical (unpaired) electrons. The maximum Gasteiger partial charge on any atom is 0.191 e. The number of aliphatic imine (C=N–C) groups is 1. The van der Waals surface area contributed by atoms with Crippen LogP contribution < -0.4 is 5.32 Å². The number of allylic oxidation sites excluding steroid dienone is 2. The number of H-pyrrole nitrogens is 3. The summed E-state index contributed by atoms with van der Waals surface area (Å²) in [6.45, 7) is 31.6. The third-order valence-corrected chi connectivity index (χ3v) is 8.51. The van der Waals surface area contributed by atoms with Crippen molar-refractivity contribution in [1.82, 2.24) is 50.4 Å². The molecule has 15 heteroatoms. The number of nitrogens with zero attached hydrogens (tertiary/aromatic N) is 7. The van der Waals surface area contributed by atoms with Gasteiger partial charge < -0.3 is 24.1 Å². The Morgan fingerprint density at radius 1 is 0.768 bits per heavy atom. The lowest BCUT2D eigenvalue weighted by atomic mass is 10.2. The predicted octanol–water partition coefficient (Wildman–Crippen LogP) is 10.7. The van der Waals surface area contributed by atoms with E-state index >= 15 is 0 Å². The summed E-state index contributed by atoms with van der Waals surface area (Å²) in [5.41, 5.74) is 8.34. The summed E-state index contributed by atoms with van der Waals surface area (Å²) >= 11 is 3.56. The van der Waals surface area contributed by atoms with E-state index in [-0.39, 0.29) is 0 Å². The van der Waals surface area contributed by atoms with E-state index in [0.29, 0.717) is 5.37 Å². The molecule has 6 aromatic heterocycles. The van der Waals surface area contributed by atoms with Crippen molar-refractivity contribution in [1.29, 1.82) is 0 Å². The molecule has 1 unspecified atom stereocenters. The number of hydrogen-bond donors (Lipinski definition) is 4. The monoisotopic (exact) mass is 805 g/mol. The zero-order valence-corrected chi connectivity index (χ0v) is 37.8. The molecule has 0 bridgehead atoms. The van der Waals surface area contributed by atoms with E-state index in [1.807, 2.05) is 113 Å². The van der Waals surface area contributed by atoms with Gasteiger partial charge >= 0.3 is 0 Å².